The molecule has 0 aromatic carbocycles. The van der Waals surface area contributed by atoms with Crippen LogP contribution in [0.2, 0.25) is 0 Å². The van der Waals surface area contributed by atoms with Gasteiger partial charge in [-0.05, 0) is 20.8 Å². The zero-order valence-corrected chi connectivity index (χ0v) is 7.52. The van der Waals surface area contributed by atoms with Gasteiger partial charge in [0.15, 0.2) is 0 Å². The summed E-state index contributed by atoms with van der Waals surface area (Å²) >= 11 is 0. The van der Waals surface area contributed by atoms with Crippen LogP contribution in [0, 0.1) is 11.8 Å². The van der Waals surface area contributed by atoms with E-state index >= 15 is 0 Å². The minimum Gasteiger partial charge on any atom is -0.369 e. The van der Waals surface area contributed by atoms with Gasteiger partial charge in [0.25, 0.3) is 0 Å². The van der Waals surface area contributed by atoms with Crippen LogP contribution < -0.4 is 0 Å². The van der Waals surface area contributed by atoms with Gasteiger partial charge in [-0.2, -0.15) is 0 Å². The highest BCUT2D eigenvalue weighted by atomic mass is 16.5. The normalized spacial score (nSPS) is 11.9. The maximum absolute atomic E-state index is 5.19. The molecule has 64 valence electrons. The lowest BCUT2D eigenvalue weighted by Gasteiger charge is -2.01. The Balaban J connectivity index is 3.34. The molecule has 2 nitrogen and oxygen atoms in total. The number of rotatable bonds is 4. The molecule has 0 aliphatic carbocycles. The first kappa shape index (κ1) is 10.5. The Labute approximate surface area is 68.9 Å². The minimum atomic E-state index is 0.0282. The smallest absolute Gasteiger partial charge is 0.115 e. The van der Waals surface area contributed by atoms with Gasteiger partial charge in [0.2, 0.25) is 0 Å². The molecule has 0 aromatic rings. The van der Waals surface area contributed by atoms with Crippen LogP contribution in [-0.2, 0) is 9.47 Å². The van der Waals surface area contributed by atoms with Crippen molar-refractivity contribution in [1.29, 1.82) is 0 Å². The molecular formula is C9H16O2. The molecule has 0 N–H and O–H groups in total. The topological polar surface area (TPSA) is 18.5 Å². The summed E-state index contributed by atoms with van der Waals surface area (Å²) in [6.07, 6.45) is 0.0282. The molecule has 2 heteroatoms. The van der Waals surface area contributed by atoms with E-state index in [1.54, 1.807) is 0 Å². The van der Waals surface area contributed by atoms with Gasteiger partial charge in [-0.1, -0.05) is 11.8 Å². The SMILES string of the molecule is CCOCC#CC(C)OCC. The molecule has 0 aliphatic rings. The van der Waals surface area contributed by atoms with Gasteiger partial charge >= 0.3 is 0 Å². The lowest BCUT2D eigenvalue weighted by atomic mass is 10.4. The predicted octanol–water partition coefficient (Wildman–Crippen LogP) is 1.45. The van der Waals surface area contributed by atoms with Gasteiger partial charge in [0.1, 0.15) is 12.7 Å². The van der Waals surface area contributed by atoms with Crippen LogP contribution in [0.15, 0.2) is 0 Å². The number of ether oxygens (including phenoxy) is 2. The highest BCUT2D eigenvalue weighted by Crippen LogP contribution is 1.85. The average Bonchev–Trinajstić information content (AvgIpc) is 1.99. The van der Waals surface area contributed by atoms with Gasteiger partial charge < -0.3 is 9.47 Å². The van der Waals surface area contributed by atoms with Crippen molar-refractivity contribution in [3.8, 4) is 11.8 Å². The summed E-state index contributed by atoms with van der Waals surface area (Å²) in [7, 11) is 0. The first-order chi connectivity index (χ1) is 5.31. The van der Waals surface area contributed by atoms with E-state index < -0.39 is 0 Å². The Bertz CT molecular complexity index is 132. The van der Waals surface area contributed by atoms with E-state index in [9.17, 15) is 0 Å². The maximum Gasteiger partial charge on any atom is 0.115 e. The predicted molar refractivity (Wildman–Crippen MR) is 45.4 cm³/mol. The fourth-order valence-corrected chi connectivity index (χ4v) is 0.630. The molecule has 0 saturated carbocycles. The lowest BCUT2D eigenvalue weighted by molar-refractivity contribution is 0.115. The summed E-state index contributed by atoms with van der Waals surface area (Å²) in [6.45, 7) is 7.78. The summed E-state index contributed by atoms with van der Waals surface area (Å²) < 4.78 is 10.2. The molecule has 0 aromatic heterocycles. The van der Waals surface area contributed by atoms with Crippen molar-refractivity contribution >= 4 is 0 Å². The molecule has 0 rings (SSSR count). The third kappa shape index (κ3) is 7.38. The summed E-state index contributed by atoms with van der Waals surface area (Å²) in [5.74, 6) is 5.79. The Morgan fingerprint density at radius 3 is 2.55 bits per heavy atom. The average molecular weight is 156 g/mol. The van der Waals surface area contributed by atoms with E-state index in [2.05, 4.69) is 11.8 Å². The Morgan fingerprint density at radius 1 is 1.27 bits per heavy atom. The Kier molecular flexibility index (Phi) is 7.23. The Morgan fingerprint density at radius 2 is 2.00 bits per heavy atom. The largest absolute Gasteiger partial charge is 0.369 e. The molecule has 11 heavy (non-hydrogen) atoms. The van der Waals surface area contributed by atoms with E-state index in [1.165, 1.54) is 0 Å². The van der Waals surface area contributed by atoms with Crippen LogP contribution in [0.4, 0.5) is 0 Å². The van der Waals surface area contributed by atoms with Crippen molar-refractivity contribution in [2.45, 2.75) is 26.9 Å². The molecule has 0 aliphatic heterocycles. The van der Waals surface area contributed by atoms with Crippen LogP contribution >= 0.6 is 0 Å². The van der Waals surface area contributed by atoms with E-state index in [0.717, 1.165) is 6.61 Å². The van der Waals surface area contributed by atoms with Crippen LogP contribution in [-0.4, -0.2) is 25.9 Å². The van der Waals surface area contributed by atoms with Crippen molar-refractivity contribution < 1.29 is 9.47 Å². The molecule has 0 fully saturated rings. The summed E-state index contributed by atoms with van der Waals surface area (Å²) in [5, 5.41) is 0. The van der Waals surface area contributed by atoms with Crippen LogP contribution in [0.3, 0.4) is 0 Å². The first-order valence-electron chi connectivity index (χ1n) is 3.99. The van der Waals surface area contributed by atoms with E-state index in [1.807, 2.05) is 20.8 Å². The molecule has 0 saturated heterocycles. The third-order valence-electron chi connectivity index (χ3n) is 1.10. The van der Waals surface area contributed by atoms with Crippen LogP contribution in [0.1, 0.15) is 20.8 Å². The number of hydrogen-bond acceptors (Lipinski definition) is 2. The quantitative estimate of drug-likeness (QED) is 0.453. The molecule has 1 atom stereocenters. The van der Waals surface area contributed by atoms with E-state index in [-0.39, 0.29) is 6.10 Å². The van der Waals surface area contributed by atoms with Gasteiger partial charge in [0.05, 0.1) is 0 Å². The second kappa shape index (κ2) is 7.59. The van der Waals surface area contributed by atoms with Crippen LogP contribution in [0.25, 0.3) is 0 Å². The van der Waals surface area contributed by atoms with Gasteiger partial charge in [-0.25, -0.2) is 0 Å². The second-order valence-electron chi connectivity index (χ2n) is 2.06. The molecule has 1 unspecified atom stereocenters. The molecule has 0 spiro atoms. The summed E-state index contributed by atoms with van der Waals surface area (Å²) in [4.78, 5) is 0. The fraction of sp³-hybridized carbons (Fsp3) is 0.778. The molecular weight excluding hydrogens is 140 g/mol. The third-order valence-corrected chi connectivity index (χ3v) is 1.10. The minimum absolute atomic E-state index is 0.0282. The summed E-state index contributed by atoms with van der Waals surface area (Å²) in [5.41, 5.74) is 0. The molecule has 0 radical (unpaired) electrons. The van der Waals surface area contributed by atoms with Gasteiger partial charge in [-0.3, -0.25) is 0 Å². The maximum atomic E-state index is 5.19. The van der Waals surface area contributed by atoms with Gasteiger partial charge in [-0.15, -0.1) is 0 Å². The van der Waals surface area contributed by atoms with Crippen molar-refractivity contribution in [3.05, 3.63) is 0 Å². The van der Waals surface area contributed by atoms with Crippen molar-refractivity contribution in [2.24, 2.45) is 0 Å². The first-order valence-corrected chi connectivity index (χ1v) is 3.99. The molecule has 0 bridgehead atoms. The second-order valence-corrected chi connectivity index (χ2v) is 2.06. The highest BCUT2D eigenvalue weighted by molar-refractivity contribution is 5.03. The van der Waals surface area contributed by atoms with E-state index in [4.69, 9.17) is 9.47 Å². The van der Waals surface area contributed by atoms with Crippen molar-refractivity contribution in [1.82, 2.24) is 0 Å². The highest BCUT2D eigenvalue weighted by Gasteiger charge is 1.90. The van der Waals surface area contributed by atoms with Crippen molar-refractivity contribution in [2.75, 3.05) is 19.8 Å². The monoisotopic (exact) mass is 156 g/mol. The molecule has 0 amide bonds. The zero-order chi connectivity index (χ0) is 8.53. The molecule has 0 heterocycles. The number of hydrogen-bond donors (Lipinski definition) is 0. The van der Waals surface area contributed by atoms with E-state index in [0.29, 0.717) is 13.2 Å². The zero-order valence-electron chi connectivity index (χ0n) is 7.52. The lowest BCUT2D eigenvalue weighted by Crippen LogP contribution is -2.04. The van der Waals surface area contributed by atoms with Crippen molar-refractivity contribution in [3.63, 3.8) is 0 Å². The van der Waals surface area contributed by atoms with Crippen LogP contribution in [0.5, 0.6) is 0 Å². The Hall–Kier alpha value is -0.520. The summed E-state index contributed by atoms with van der Waals surface area (Å²) in [6, 6.07) is 0. The van der Waals surface area contributed by atoms with Gasteiger partial charge in [0, 0.05) is 13.2 Å². The standard InChI is InChI=1S/C9H16O2/c1-4-10-8-6-7-9(3)11-5-2/h9H,4-5,8H2,1-3H3. The fourth-order valence-electron chi connectivity index (χ4n) is 0.630.